The summed E-state index contributed by atoms with van der Waals surface area (Å²) in [6.45, 7) is 8.47. The number of nitrogens with zero attached hydrogens (tertiary/aromatic N) is 1. The second-order valence-electron chi connectivity index (χ2n) is 5.21. The van der Waals surface area contributed by atoms with Crippen LogP contribution in [0.3, 0.4) is 0 Å². The molecule has 2 heterocycles. The van der Waals surface area contributed by atoms with Crippen molar-refractivity contribution in [3.63, 3.8) is 0 Å². The van der Waals surface area contributed by atoms with E-state index in [0.29, 0.717) is 24.3 Å². The van der Waals surface area contributed by atoms with E-state index < -0.39 is 6.10 Å². The van der Waals surface area contributed by atoms with Crippen molar-refractivity contribution in [2.75, 3.05) is 26.2 Å². The van der Waals surface area contributed by atoms with Gasteiger partial charge in [-0.05, 0) is 37.6 Å². The maximum absolute atomic E-state index is 9.96. The molecule has 1 fully saturated rings. The van der Waals surface area contributed by atoms with Crippen molar-refractivity contribution in [1.29, 1.82) is 0 Å². The minimum absolute atomic E-state index is 0.498. The summed E-state index contributed by atoms with van der Waals surface area (Å²) in [4.78, 5) is 2.48. The predicted molar refractivity (Wildman–Crippen MR) is 71.4 cm³/mol. The Balaban J connectivity index is 1.77. The summed E-state index contributed by atoms with van der Waals surface area (Å²) in [5, 5.41) is 13.4. The molecule has 1 saturated heterocycles. The largest absolute Gasteiger partial charge is 0.467 e. The molecule has 1 aromatic heterocycles. The van der Waals surface area contributed by atoms with E-state index >= 15 is 0 Å². The summed E-state index contributed by atoms with van der Waals surface area (Å²) in [5.41, 5.74) is 0. The van der Waals surface area contributed by atoms with Crippen LogP contribution in [0.5, 0.6) is 0 Å². The molecular weight excluding hydrogens is 228 g/mol. The molecule has 1 aliphatic rings. The second kappa shape index (κ2) is 6.36. The lowest BCUT2D eigenvalue weighted by Crippen LogP contribution is -2.48. The third-order valence-corrected chi connectivity index (χ3v) is 3.88. The van der Waals surface area contributed by atoms with Crippen LogP contribution in [0.25, 0.3) is 0 Å². The van der Waals surface area contributed by atoms with E-state index in [1.54, 1.807) is 12.3 Å². The zero-order valence-electron chi connectivity index (χ0n) is 11.3. The van der Waals surface area contributed by atoms with Crippen LogP contribution in [0.15, 0.2) is 22.8 Å². The lowest BCUT2D eigenvalue weighted by atomic mass is 9.93. The molecule has 2 N–H and O–H groups in total. The SMILES string of the molecule is CCN1CCC(NCC(O)c2ccco2)C(C)C1. The van der Waals surface area contributed by atoms with E-state index in [4.69, 9.17) is 4.42 Å². The molecule has 3 unspecified atom stereocenters. The summed E-state index contributed by atoms with van der Waals surface area (Å²) in [6.07, 6.45) is 2.21. The van der Waals surface area contributed by atoms with Crippen molar-refractivity contribution in [1.82, 2.24) is 10.2 Å². The summed E-state index contributed by atoms with van der Waals surface area (Å²) in [5.74, 6) is 1.27. The number of aliphatic hydroxyl groups excluding tert-OH is 1. The van der Waals surface area contributed by atoms with Gasteiger partial charge in [0.1, 0.15) is 11.9 Å². The highest BCUT2D eigenvalue weighted by Crippen LogP contribution is 2.18. The molecule has 0 radical (unpaired) electrons. The van der Waals surface area contributed by atoms with Gasteiger partial charge in [0.25, 0.3) is 0 Å². The summed E-state index contributed by atoms with van der Waals surface area (Å²) < 4.78 is 5.20. The number of hydrogen-bond acceptors (Lipinski definition) is 4. The quantitative estimate of drug-likeness (QED) is 0.836. The Hall–Kier alpha value is -0.840. The van der Waals surface area contributed by atoms with Crippen molar-refractivity contribution >= 4 is 0 Å². The number of rotatable bonds is 5. The molecule has 0 spiro atoms. The Kier molecular flexibility index (Phi) is 4.80. The molecule has 102 valence electrons. The third-order valence-electron chi connectivity index (χ3n) is 3.88. The van der Waals surface area contributed by atoms with Gasteiger partial charge in [-0.3, -0.25) is 0 Å². The lowest BCUT2D eigenvalue weighted by Gasteiger charge is -2.37. The molecule has 4 heteroatoms. The van der Waals surface area contributed by atoms with Gasteiger partial charge in [0.15, 0.2) is 0 Å². The maximum Gasteiger partial charge on any atom is 0.133 e. The molecule has 0 amide bonds. The Morgan fingerprint density at radius 3 is 3.06 bits per heavy atom. The Morgan fingerprint density at radius 1 is 1.61 bits per heavy atom. The highest BCUT2D eigenvalue weighted by atomic mass is 16.4. The first-order valence-corrected chi connectivity index (χ1v) is 6.88. The van der Waals surface area contributed by atoms with Gasteiger partial charge < -0.3 is 19.7 Å². The molecule has 0 bridgehead atoms. The van der Waals surface area contributed by atoms with Gasteiger partial charge in [-0.25, -0.2) is 0 Å². The van der Waals surface area contributed by atoms with Crippen LogP contribution in [0.1, 0.15) is 32.1 Å². The Labute approximate surface area is 109 Å². The minimum Gasteiger partial charge on any atom is -0.467 e. The summed E-state index contributed by atoms with van der Waals surface area (Å²) in [7, 11) is 0. The molecule has 2 rings (SSSR count). The van der Waals surface area contributed by atoms with Crippen molar-refractivity contribution in [3.8, 4) is 0 Å². The average Bonchev–Trinajstić information content (AvgIpc) is 2.90. The highest BCUT2D eigenvalue weighted by Gasteiger charge is 2.25. The third kappa shape index (κ3) is 3.34. The van der Waals surface area contributed by atoms with Crippen LogP contribution in [0.4, 0.5) is 0 Å². The summed E-state index contributed by atoms with van der Waals surface area (Å²) in [6, 6.07) is 4.12. The fourth-order valence-corrected chi connectivity index (χ4v) is 2.67. The number of nitrogens with one attached hydrogen (secondary N) is 1. The number of likely N-dealkylation sites (tertiary alicyclic amines) is 1. The van der Waals surface area contributed by atoms with Crippen LogP contribution in [-0.4, -0.2) is 42.2 Å². The first-order valence-electron chi connectivity index (χ1n) is 6.88. The second-order valence-corrected chi connectivity index (χ2v) is 5.21. The standard InChI is InChI=1S/C14H24N2O2/c1-3-16-7-6-12(11(2)10-16)15-9-13(17)14-5-4-8-18-14/h4-5,8,11-13,15,17H,3,6-7,9-10H2,1-2H3. The van der Waals surface area contributed by atoms with Crippen molar-refractivity contribution in [2.45, 2.75) is 32.4 Å². The van der Waals surface area contributed by atoms with E-state index in [9.17, 15) is 5.11 Å². The smallest absolute Gasteiger partial charge is 0.133 e. The van der Waals surface area contributed by atoms with Crippen LogP contribution in [0, 0.1) is 5.92 Å². The van der Waals surface area contributed by atoms with Crippen molar-refractivity contribution < 1.29 is 9.52 Å². The monoisotopic (exact) mass is 252 g/mol. The first kappa shape index (κ1) is 13.6. The van der Waals surface area contributed by atoms with Crippen LogP contribution >= 0.6 is 0 Å². The molecule has 0 aliphatic carbocycles. The Morgan fingerprint density at radius 2 is 2.44 bits per heavy atom. The molecular formula is C14H24N2O2. The van der Waals surface area contributed by atoms with Gasteiger partial charge in [0.05, 0.1) is 6.26 Å². The topological polar surface area (TPSA) is 48.6 Å². The number of piperidine rings is 1. The van der Waals surface area contributed by atoms with E-state index in [0.717, 1.165) is 26.1 Å². The number of aliphatic hydroxyl groups is 1. The molecule has 3 atom stereocenters. The zero-order valence-corrected chi connectivity index (χ0v) is 11.3. The van der Waals surface area contributed by atoms with Crippen molar-refractivity contribution in [3.05, 3.63) is 24.2 Å². The molecule has 0 saturated carbocycles. The van der Waals surface area contributed by atoms with Crippen LogP contribution in [0.2, 0.25) is 0 Å². The summed E-state index contributed by atoms with van der Waals surface area (Å²) >= 11 is 0. The van der Waals surface area contributed by atoms with E-state index in [1.165, 1.54) is 0 Å². The molecule has 1 aromatic rings. The molecule has 1 aliphatic heterocycles. The maximum atomic E-state index is 9.96. The molecule has 0 aromatic carbocycles. The number of hydrogen-bond donors (Lipinski definition) is 2. The predicted octanol–water partition coefficient (Wildman–Crippen LogP) is 1.63. The zero-order chi connectivity index (χ0) is 13.0. The molecule has 4 nitrogen and oxygen atoms in total. The van der Waals surface area contributed by atoms with E-state index in [-0.39, 0.29) is 0 Å². The van der Waals surface area contributed by atoms with E-state index in [1.807, 2.05) is 6.07 Å². The van der Waals surface area contributed by atoms with Gasteiger partial charge in [-0.15, -0.1) is 0 Å². The highest BCUT2D eigenvalue weighted by molar-refractivity contribution is 5.02. The fourth-order valence-electron chi connectivity index (χ4n) is 2.67. The van der Waals surface area contributed by atoms with Crippen LogP contribution in [-0.2, 0) is 0 Å². The fraction of sp³-hybridized carbons (Fsp3) is 0.714. The van der Waals surface area contributed by atoms with Gasteiger partial charge in [-0.2, -0.15) is 0 Å². The first-order chi connectivity index (χ1) is 8.70. The normalized spacial score (nSPS) is 27.3. The van der Waals surface area contributed by atoms with Gasteiger partial charge in [0, 0.05) is 19.1 Å². The van der Waals surface area contributed by atoms with E-state index in [2.05, 4.69) is 24.1 Å². The van der Waals surface area contributed by atoms with Crippen molar-refractivity contribution in [2.24, 2.45) is 5.92 Å². The van der Waals surface area contributed by atoms with Gasteiger partial charge in [0.2, 0.25) is 0 Å². The lowest BCUT2D eigenvalue weighted by molar-refractivity contribution is 0.116. The average molecular weight is 252 g/mol. The Bertz CT molecular complexity index is 340. The van der Waals surface area contributed by atoms with Crippen LogP contribution < -0.4 is 5.32 Å². The number of furan rings is 1. The molecule has 18 heavy (non-hydrogen) atoms. The minimum atomic E-state index is -0.545. The van der Waals surface area contributed by atoms with Gasteiger partial charge >= 0.3 is 0 Å². The van der Waals surface area contributed by atoms with Gasteiger partial charge in [-0.1, -0.05) is 13.8 Å².